The first kappa shape index (κ1) is 12.0. The van der Waals surface area contributed by atoms with Gasteiger partial charge in [0.15, 0.2) is 5.75 Å². The summed E-state index contributed by atoms with van der Waals surface area (Å²) in [5.41, 5.74) is 0. The van der Waals surface area contributed by atoms with Gasteiger partial charge in [0, 0.05) is 12.6 Å². The molecule has 0 unspecified atom stereocenters. The summed E-state index contributed by atoms with van der Waals surface area (Å²) >= 11 is 0. The highest BCUT2D eigenvalue weighted by molar-refractivity contribution is 5.11. The molecule has 1 aromatic rings. The third-order valence-electron chi connectivity index (χ3n) is 2.18. The van der Waals surface area contributed by atoms with E-state index >= 15 is 0 Å². The van der Waals surface area contributed by atoms with Gasteiger partial charge in [-0.2, -0.15) is 5.10 Å². The number of aromatic nitrogens is 2. The summed E-state index contributed by atoms with van der Waals surface area (Å²) in [4.78, 5) is 0. The number of rotatable bonds is 7. The van der Waals surface area contributed by atoms with E-state index in [4.69, 9.17) is 9.84 Å². The molecule has 0 aliphatic carbocycles. The zero-order valence-electron chi connectivity index (χ0n) is 9.52. The smallest absolute Gasteiger partial charge is 0.157 e. The Bertz CT molecular complexity index is 271. The Labute approximate surface area is 90.9 Å². The van der Waals surface area contributed by atoms with Crippen molar-refractivity contribution < 1.29 is 9.84 Å². The van der Waals surface area contributed by atoms with Crippen molar-refractivity contribution in [1.82, 2.24) is 9.78 Å². The van der Waals surface area contributed by atoms with Crippen molar-refractivity contribution in [3.63, 3.8) is 0 Å². The number of hydrogen-bond donors (Lipinski definition) is 1. The maximum Gasteiger partial charge on any atom is 0.157 e. The highest BCUT2D eigenvalue weighted by Crippen LogP contribution is 2.12. The number of aliphatic hydroxyl groups excluding tert-OH is 1. The quantitative estimate of drug-likeness (QED) is 0.703. The van der Waals surface area contributed by atoms with Gasteiger partial charge in [-0.25, -0.2) is 0 Å². The second kappa shape index (κ2) is 6.45. The molecule has 0 atom stereocenters. The molecule has 0 aliphatic heterocycles. The summed E-state index contributed by atoms with van der Waals surface area (Å²) in [6, 6.07) is 0.372. The van der Waals surface area contributed by atoms with Crippen LogP contribution in [0.15, 0.2) is 12.4 Å². The average Bonchev–Trinajstić information content (AvgIpc) is 2.66. The minimum Gasteiger partial charge on any atom is -0.490 e. The fourth-order valence-corrected chi connectivity index (χ4v) is 1.26. The molecule has 0 saturated carbocycles. The van der Waals surface area contributed by atoms with Crippen LogP contribution in [0.4, 0.5) is 0 Å². The maximum absolute atomic E-state index is 8.59. The van der Waals surface area contributed by atoms with E-state index in [0.717, 1.165) is 25.0 Å². The Morgan fingerprint density at radius 2 is 2.20 bits per heavy atom. The molecular weight excluding hydrogens is 192 g/mol. The summed E-state index contributed by atoms with van der Waals surface area (Å²) in [5.74, 6) is 0.827. The van der Waals surface area contributed by atoms with Gasteiger partial charge in [0.1, 0.15) is 0 Å². The zero-order chi connectivity index (χ0) is 11.1. The number of ether oxygens (including phenoxy) is 1. The molecule has 1 heterocycles. The molecule has 15 heavy (non-hydrogen) atoms. The SMILES string of the molecule is CC(C)n1cc(OCCCCCO)cn1. The van der Waals surface area contributed by atoms with Crippen molar-refractivity contribution in [2.45, 2.75) is 39.2 Å². The highest BCUT2D eigenvalue weighted by atomic mass is 16.5. The summed E-state index contributed by atoms with van der Waals surface area (Å²) in [6.45, 7) is 5.13. The van der Waals surface area contributed by atoms with Gasteiger partial charge in [0.25, 0.3) is 0 Å². The second-order valence-corrected chi connectivity index (χ2v) is 3.88. The van der Waals surface area contributed by atoms with Crippen molar-refractivity contribution in [3.8, 4) is 5.75 Å². The van der Waals surface area contributed by atoms with Crippen LogP contribution in [0.3, 0.4) is 0 Å². The molecule has 0 spiro atoms. The molecule has 1 N–H and O–H groups in total. The topological polar surface area (TPSA) is 47.3 Å². The summed E-state index contributed by atoms with van der Waals surface area (Å²) in [7, 11) is 0. The highest BCUT2D eigenvalue weighted by Gasteiger charge is 2.01. The molecule has 0 aliphatic rings. The van der Waals surface area contributed by atoms with E-state index in [0.29, 0.717) is 12.6 Å². The predicted octanol–water partition coefficient (Wildman–Crippen LogP) is 2.01. The number of hydrogen-bond acceptors (Lipinski definition) is 3. The van der Waals surface area contributed by atoms with Gasteiger partial charge >= 0.3 is 0 Å². The van der Waals surface area contributed by atoms with Crippen LogP contribution in [-0.4, -0.2) is 28.1 Å². The molecule has 0 saturated heterocycles. The van der Waals surface area contributed by atoms with Crippen molar-refractivity contribution in [2.24, 2.45) is 0 Å². The monoisotopic (exact) mass is 212 g/mol. The molecule has 4 heteroatoms. The molecule has 0 radical (unpaired) electrons. The average molecular weight is 212 g/mol. The third-order valence-corrected chi connectivity index (χ3v) is 2.18. The van der Waals surface area contributed by atoms with E-state index in [-0.39, 0.29) is 6.61 Å². The lowest BCUT2D eigenvalue weighted by molar-refractivity contribution is 0.266. The van der Waals surface area contributed by atoms with Crippen LogP contribution in [0.2, 0.25) is 0 Å². The first-order valence-corrected chi connectivity index (χ1v) is 5.52. The van der Waals surface area contributed by atoms with Crippen LogP contribution < -0.4 is 4.74 Å². The minimum atomic E-state index is 0.269. The number of aliphatic hydroxyl groups is 1. The van der Waals surface area contributed by atoms with E-state index in [2.05, 4.69) is 18.9 Å². The van der Waals surface area contributed by atoms with Gasteiger partial charge < -0.3 is 9.84 Å². The lowest BCUT2D eigenvalue weighted by Crippen LogP contribution is -2.00. The maximum atomic E-state index is 8.59. The molecule has 1 rings (SSSR count). The zero-order valence-corrected chi connectivity index (χ0v) is 9.52. The van der Waals surface area contributed by atoms with Crippen LogP contribution in [0.5, 0.6) is 5.75 Å². The van der Waals surface area contributed by atoms with Crippen molar-refractivity contribution in [3.05, 3.63) is 12.4 Å². The lowest BCUT2D eigenvalue weighted by Gasteiger charge is -2.04. The normalized spacial score (nSPS) is 10.9. The number of unbranched alkanes of at least 4 members (excludes halogenated alkanes) is 2. The standard InChI is InChI=1S/C11H20N2O2/c1-10(2)13-9-11(8-12-13)15-7-5-3-4-6-14/h8-10,14H,3-7H2,1-2H3. The van der Waals surface area contributed by atoms with E-state index in [9.17, 15) is 0 Å². The second-order valence-electron chi connectivity index (χ2n) is 3.88. The summed E-state index contributed by atoms with van der Waals surface area (Å²) < 4.78 is 7.40. The van der Waals surface area contributed by atoms with Crippen LogP contribution in [0.25, 0.3) is 0 Å². The Balaban J connectivity index is 2.20. The fraction of sp³-hybridized carbons (Fsp3) is 0.727. The van der Waals surface area contributed by atoms with Crippen LogP contribution in [0.1, 0.15) is 39.2 Å². The molecule has 0 aromatic carbocycles. The molecule has 4 nitrogen and oxygen atoms in total. The van der Waals surface area contributed by atoms with Crippen molar-refractivity contribution >= 4 is 0 Å². The molecule has 0 fully saturated rings. The summed E-state index contributed by atoms with van der Waals surface area (Å²) in [5, 5.41) is 12.8. The Kier molecular flexibility index (Phi) is 5.18. The van der Waals surface area contributed by atoms with Gasteiger partial charge in [-0.1, -0.05) is 0 Å². The molecule has 1 aromatic heterocycles. The minimum absolute atomic E-state index is 0.269. The largest absolute Gasteiger partial charge is 0.490 e. The van der Waals surface area contributed by atoms with Crippen molar-refractivity contribution in [2.75, 3.05) is 13.2 Å². The van der Waals surface area contributed by atoms with Gasteiger partial charge in [-0.05, 0) is 33.1 Å². The van der Waals surface area contributed by atoms with E-state index in [1.165, 1.54) is 0 Å². The van der Waals surface area contributed by atoms with E-state index < -0.39 is 0 Å². The van der Waals surface area contributed by atoms with Gasteiger partial charge in [-0.15, -0.1) is 0 Å². The van der Waals surface area contributed by atoms with Crippen molar-refractivity contribution in [1.29, 1.82) is 0 Å². The first-order chi connectivity index (χ1) is 7.24. The van der Waals surface area contributed by atoms with Crippen LogP contribution in [0, 0.1) is 0 Å². The molecule has 0 bridgehead atoms. The Morgan fingerprint density at radius 3 is 2.80 bits per heavy atom. The van der Waals surface area contributed by atoms with Gasteiger partial charge in [0.05, 0.1) is 19.0 Å². The molecular formula is C11H20N2O2. The molecule has 0 amide bonds. The van der Waals surface area contributed by atoms with Crippen LogP contribution >= 0.6 is 0 Å². The molecule has 86 valence electrons. The Hall–Kier alpha value is -1.03. The summed E-state index contributed by atoms with van der Waals surface area (Å²) in [6.07, 6.45) is 6.50. The third kappa shape index (κ3) is 4.34. The predicted molar refractivity (Wildman–Crippen MR) is 59.0 cm³/mol. The van der Waals surface area contributed by atoms with Gasteiger partial charge in [-0.3, -0.25) is 4.68 Å². The lowest BCUT2D eigenvalue weighted by atomic mass is 10.2. The fourth-order valence-electron chi connectivity index (χ4n) is 1.26. The Morgan fingerprint density at radius 1 is 1.40 bits per heavy atom. The first-order valence-electron chi connectivity index (χ1n) is 5.52. The van der Waals surface area contributed by atoms with E-state index in [1.807, 2.05) is 10.9 Å². The van der Waals surface area contributed by atoms with E-state index in [1.54, 1.807) is 6.20 Å². The van der Waals surface area contributed by atoms with Gasteiger partial charge in [0.2, 0.25) is 0 Å². The van der Waals surface area contributed by atoms with Crippen LogP contribution in [-0.2, 0) is 0 Å². The number of nitrogens with zero attached hydrogens (tertiary/aromatic N) is 2.